The van der Waals surface area contributed by atoms with Crippen molar-refractivity contribution in [2.24, 2.45) is 0 Å². The lowest BCUT2D eigenvalue weighted by Crippen LogP contribution is -2.57. The molecule has 0 aliphatic carbocycles. The van der Waals surface area contributed by atoms with Crippen LogP contribution >= 0.6 is 23.2 Å². The number of benzene rings is 1. The molecule has 3 heterocycles. The standard InChI is InChI=1S/C23H28Cl2FN9O3/c1-11(29-18-15(25)17(27)31-21(28)32-18)19-30-16-13(26)6-5-12(24)14(16)20(36)35(19)34-9-7-33(8-10-34)22(37)38-23(2,3)4/h5-6,11H,7-10H2,1-4H3,(H5,27,28,29,31,32)/t11-/m0/s1. The fourth-order valence-corrected chi connectivity index (χ4v) is 4.40. The van der Waals surface area contributed by atoms with Crippen LogP contribution in [0.2, 0.25) is 10.0 Å². The monoisotopic (exact) mass is 567 g/mol. The third-order valence-electron chi connectivity index (χ3n) is 5.75. The van der Waals surface area contributed by atoms with Gasteiger partial charge in [-0.15, -0.1) is 0 Å². The molecule has 0 spiro atoms. The van der Waals surface area contributed by atoms with Crippen LogP contribution in [0.5, 0.6) is 0 Å². The van der Waals surface area contributed by atoms with E-state index in [1.165, 1.54) is 10.7 Å². The fourth-order valence-electron chi connectivity index (χ4n) is 4.03. The Morgan fingerprint density at radius 1 is 1.13 bits per heavy atom. The molecule has 1 atom stereocenters. The molecule has 1 amide bonds. The predicted octanol–water partition coefficient (Wildman–Crippen LogP) is 3.16. The van der Waals surface area contributed by atoms with Gasteiger partial charge in [0.15, 0.2) is 11.6 Å². The van der Waals surface area contributed by atoms with E-state index in [0.717, 1.165) is 6.07 Å². The molecule has 2 aromatic heterocycles. The summed E-state index contributed by atoms with van der Waals surface area (Å²) in [4.78, 5) is 40.2. The number of ether oxygens (including phenoxy) is 1. The van der Waals surface area contributed by atoms with Gasteiger partial charge in [-0.3, -0.25) is 4.79 Å². The number of piperazine rings is 1. The molecule has 0 bridgehead atoms. The van der Waals surface area contributed by atoms with E-state index in [1.54, 1.807) is 37.6 Å². The van der Waals surface area contributed by atoms with Crippen LogP contribution in [0.4, 0.5) is 26.8 Å². The van der Waals surface area contributed by atoms with Gasteiger partial charge in [-0.05, 0) is 39.8 Å². The predicted molar refractivity (Wildman–Crippen MR) is 145 cm³/mol. The molecule has 15 heteroatoms. The number of hydrogen-bond acceptors (Lipinski definition) is 10. The van der Waals surface area contributed by atoms with Crippen LogP contribution in [0.15, 0.2) is 16.9 Å². The summed E-state index contributed by atoms with van der Waals surface area (Å²) in [6.07, 6.45) is -0.449. The second kappa shape index (κ2) is 10.3. The van der Waals surface area contributed by atoms with Gasteiger partial charge in [0.1, 0.15) is 27.8 Å². The lowest BCUT2D eigenvalue weighted by molar-refractivity contribution is 0.0231. The topological polar surface area (TPSA) is 158 Å². The normalized spacial score (nSPS) is 15.0. The Bertz CT molecular complexity index is 1450. The molecule has 38 heavy (non-hydrogen) atoms. The lowest BCUT2D eigenvalue weighted by Gasteiger charge is -2.38. The number of amides is 1. The summed E-state index contributed by atoms with van der Waals surface area (Å²) in [5.41, 5.74) is 10.1. The molecular weight excluding hydrogens is 540 g/mol. The average molecular weight is 568 g/mol. The minimum absolute atomic E-state index is 0.0286. The number of carbonyl (C=O) groups is 1. The number of halogens is 3. The second-order valence-corrected chi connectivity index (χ2v) is 10.5. The van der Waals surface area contributed by atoms with Crippen molar-refractivity contribution in [3.63, 3.8) is 0 Å². The average Bonchev–Trinajstić information content (AvgIpc) is 2.83. The molecule has 0 saturated carbocycles. The van der Waals surface area contributed by atoms with Crippen molar-refractivity contribution < 1.29 is 13.9 Å². The molecular formula is C23H28Cl2FN9O3. The molecule has 1 fully saturated rings. The summed E-state index contributed by atoms with van der Waals surface area (Å²) in [7, 11) is 0. The summed E-state index contributed by atoms with van der Waals surface area (Å²) < 4.78 is 21.6. The molecule has 1 aliphatic rings. The maximum atomic E-state index is 14.8. The summed E-state index contributed by atoms with van der Waals surface area (Å²) in [5, 5.41) is 4.78. The van der Waals surface area contributed by atoms with Gasteiger partial charge in [0, 0.05) is 13.1 Å². The van der Waals surface area contributed by atoms with Gasteiger partial charge >= 0.3 is 6.09 Å². The van der Waals surface area contributed by atoms with E-state index < -0.39 is 29.1 Å². The van der Waals surface area contributed by atoms with Crippen LogP contribution in [0.25, 0.3) is 10.9 Å². The SMILES string of the molecule is C[C@H](Nc1nc(N)nc(N)c1Cl)c1nc2c(F)ccc(Cl)c2c(=O)n1N1CCN(C(=O)OC(C)(C)C)CC1. The fraction of sp³-hybridized carbons (Fsp3) is 0.435. The first-order chi connectivity index (χ1) is 17.8. The van der Waals surface area contributed by atoms with E-state index >= 15 is 0 Å². The highest BCUT2D eigenvalue weighted by molar-refractivity contribution is 6.35. The molecule has 12 nitrogen and oxygen atoms in total. The van der Waals surface area contributed by atoms with Crippen molar-refractivity contribution in [2.75, 3.05) is 48.0 Å². The van der Waals surface area contributed by atoms with Crippen LogP contribution in [-0.4, -0.2) is 62.4 Å². The first-order valence-corrected chi connectivity index (χ1v) is 12.5. The van der Waals surface area contributed by atoms with Crippen LogP contribution in [0.3, 0.4) is 0 Å². The third kappa shape index (κ3) is 5.48. The molecule has 1 aliphatic heterocycles. The number of fused-ring (bicyclic) bond motifs is 1. The number of nitrogens with two attached hydrogens (primary N) is 2. The first-order valence-electron chi connectivity index (χ1n) is 11.8. The summed E-state index contributed by atoms with van der Waals surface area (Å²) >= 11 is 12.6. The van der Waals surface area contributed by atoms with Crippen LogP contribution in [0.1, 0.15) is 39.6 Å². The highest BCUT2D eigenvalue weighted by Gasteiger charge is 2.30. The lowest BCUT2D eigenvalue weighted by atomic mass is 10.2. The van der Waals surface area contributed by atoms with E-state index in [0.29, 0.717) is 0 Å². The zero-order valence-electron chi connectivity index (χ0n) is 21.3. The van der Waals surface area contributed by atoms with Gasteiger partial charge in [0.05, 0.1) is 29.5 Å². The summed E-state index contributed by atoms with van der Waals surface area (Å²) in [6.45, 7) is 8.15. The van der Waals surface area contributed by atoms with E-state index in [2.05, 4.69) is 20.3 Å². The van der Waals surface area contributed by atoms with Crippen molar-refractivity contribution >= 4 is 57.8 Å². The molecule has 3 aromatic rings. The number of aromatic nitrogens is 4. The number of nitrogens with one attached hydrogen (secondary N) is 1. The molecule has 1 aromatic carbocycles. The largest absolute Gasteiger partial charge is 0.444 e. The van der Waals surface area contributed by atoms with Crippen LogP contribution < -0.4 is 27.4 Å². The number of nitrogens with zero attached hydrogens (tertiary/aromatic N) is 6. The minimum atomic E-state index is -0.736. The van der Waals surface area contributed by atoms with Crippen LogP contribution in [0, 0.1) is 5.82 Å². The highest BCUT2D eigenvalue weighted by atomic mass is 35.5. The van der Waals surface area contributed by atoms with Crippen LogP contribution in [-0.2, 0) is 4.74 Å². The van der Waals surface area contributed by atoms with Gasteiger partial charge in [0.25, 0.3) is 5.56 Å². The van der Waals surface area contributed by atoms with Gasteiger partial charge < -0.3 is 31.4 Å². The Balaban J connectivity index is 1.75. The van der Waals surface area contributed by atoms with Crippen molar-refractivity contribution in [3.8, 4) is 0 Å². The second-order valence-electron chi connectivity index (χ2n) is 9.76. The number of carbonyl (C=O) groups excluding carboxylic acids is 1. The van der Waals surface area contributed by atoms with Crippen molar-refractivity contribution in [3.05, 3.63) is 44.2 Å². The van der Waals surface area contributed by atoms with Crippen molar-refractivity contribution in [1.29, 1.82) is 0 Å². The zero-order valence-corrected chi connectivity index (χ0v) is 22.8. The zero-order chi connectivity index (χ0) is 27.9. The molecule has 4 rings (SSSR count). The maximum absolute atomic E-state index is 14.8. The molecule has 204 valence electrons. The third-order valence-corrected chi connectivity index (χ3v) is 6.44. The Kier molecular flexibility index (Phi) is 7.44. The van der Waals surface area contributed by atoms with Crippen molar-refractivity contribution in [2.45, 2.75) is 39.3 Å². The highest BCUT2D eigenvalue weighted by Crippen LogP contribution is 2.30. The molecule has 0 radical (unpaired) electrons. The van der Waals surface area contributed by atoms with Gasteiger partial charge in [-0.25, -0.2) is 18.8 Å². The molecule has 5 N–H and O–H groups in total. The summed E-state index contributed by atoms with van der Waals surface area (Å²) in [5.74, 6) is -0.576. The quantitative estimate of drug-likeness (QED) is 0.427. The molecule has 0 unspecified atom stereocenters. The van der Waals surface area contributed by atoms with E-state index in [1.807, 2.05) is 0 Å². The van der Waals surface area contributed by atoms with E-state index in [4.69, 9.17) is 39.4 Å². The van der Waals surface area contributed by atoms with Gasteiger partial charge in [-0.1, -0.05) is 23.2 Å². The number of nitrogen functional groups attached to an aromatic ring is 2. The van der Waals surface area contributed by atoms with Gasteiger partial charge in [-0.2, -0.15) is 9.97 Å². The Hall–Kier alpha value is -3.58. The number of rotatable bonds is 4. The van der Waals surface area contributed by atoms with Crippen molar-refractivity contribution in [1.82, 2.24) is 24.5 Å². The van der Waals surface area contributed by atoms with E-state index in [9.17, 15) is 14.0 Å². The number of anilines is 3. The summed E-state index contributed by atoms with van der Waals surface area (Å²) in [6, 6.07) is 1.72. The molecule has 1 saturated heterocycles. The Morgan fingerprint density at radius 3 is 2.42 bits per heavy atom. The Morgan fingerprint density at radius 2 is 1.79 bits per heavy atom. The van der Waals surface area contributed by atoms with Gasteiger partial charge in [0.2, 0.25) is 5.95 Å². The maximum Gasteiger partial charge on any atom is 0.410 e. The number of hydrogen-bond donors (Lipinski definition) is 3. The first kappa shape index (κ1) is 27.5. The minimum Gasteiger partial charge on any atom is -0.444 e. The van der Waals surface area contributed by atoms with E-state index in [-0.39, 0.29) is 70.5 Å². The smallest absolute Gasteiger partial charge is 0.410 e. The Labute approximate surface area is 227 Å².